The van der Waals surface area contributed by atoms with Crippen molar-refractivity contribution < 1.29 is 25.8 Å². The molecule has 0 N–H and O–H groups in total. The molecule has 0 bridgehead atoms. The Balaban J connectivity index is 1.36. The molecule has 1 heterocycles. The van der Waals surface area contributed by atoms with Crippen molar-refractivity contribution in [1.29, 1.82) is 0 Å². The molecule has 0 atom stereocenters. The van der Waals surface area contributed by atoms with Crippen LogP contribution in [0.3, 0.4) is 0 Å². The minimum atomic E-state index is -5.80. The summed E-state index contributed by atoms with van der Waals surface area (Å²) in [4.78, 5) is 0. The molecule has 224 valence electrons. The maximum atomic E-state index is 13.1. The number of halogens is 3. The van der Waals surface area contributed by atoms with E-state index in [0.29, 0.717) is 5.39 Å². The lowest BCUT2D eigenvalue weighted by atomic mass is 9.91. The highest BCUT2D eigenvalue weighted by Gasteiger charge is 2.48. The summed E-state index contributed by atoms with van der Waals surface area (Å²) < 4.78 is 69.5. The second-order valence-corrected chi connectivity index (χ2v) is 14.3. The molecule has 0 saturated heterocycles. The fraction of sp³-hybridized carbons (Fsp3) is 0.0526. The Bertz CT molecular complexity index is 2910. The molecule has 46 heavy (non-hydrogen) atoms. The van der Waals surface area contributed by atoms with Crippen LogP contribution >= 0.6 is 11.3 Å². The van der Waals surface area contributed by atoms with Crippen molar-refractivity contribution in [2.75, 3.05) is 0 Å². The molecule has 8 aromatic carbocycles. The van der Waals surface area contributed by atoms with Crippen LogP contribution in [0.25, 0.3) is 84.8 Å². The van der Waals surface area contributed by atoms with Crippen LogP contribution in [0.5, 0.6) is 5.75 Å². The fourth-order valence-corrected chi connectivity index (χ4v) is 8.59. The lowest BCUT2D eigenvalue weighted by molar-refractivity contribution is -0.0500. The van der Waals surface area contributed by atoms with Gasteiger partial charge in [-0.25, -0.2) is 0 Å². The average Bonchev–Trinajstić information content (AvgIpc) is 3.39. The number of hydrogen-bond donors (Lipinski definition) is 0. The van der Waals surface area contributed by atoms with Crippen LogP contribution in [0.15, 0.2) is 109 Å². The molecule has 9 rings (SSSR count). The third kappa shape index (κ3) is 3.87. The van der Waals surface area contributed by atoms with Gasteiger partial charge in [-0.2, -0.15) is 21.6 Å². The van der Waals surface area contributed by atoms with Gasteiger partial charge in [0.2, 0.25) is 0 Å². The average molecular weight is 647 g/mol. The summed E-state index contributed by atoms with van der Waals surface area (Å²) in [7, 11) is -5.80. The molecule has 0 aliphatic heterocycles. The van der Waals surface area contributed by atoms with Crippen LogP contribution in [0.1, 0.15) is 5.56 Å². The molecule has 0 fully saturated rings. The Morgan fingerprint density at radius 3 is 1.41 bits per heavy atom. The van der Waals surface area contributed by atoms with Crippen LogP contribution in [0.2, 0.25) is 0 Å². The Hall–Kier alpha value is -4.92. The molecule has 1 aromatic heterocycles. The zero-order chi connectivity index (χ0) is 31.5. The maximum Gasteiger partial charge on any atom is 0.534 e. The van der Waals surface area contributed by atoms with Gasteiger partial charge in [0, 0.05) is 20.2 Å². The normalized spacial score (nSPS) is 13.0. The number of hydrogen-bond acceptors (Lipinski definition) is 4. The predicted molar refractivity (Wildman–Crippen MR) is 185 cm³/mol. The molecule has 0 aliphatic rings. The highest BCUT2D eigenvalue weighted by atomic mass is 32.2. The number of thiophene rings is 1. The van der Waals surface area contributed by atoms with Gasteiger partial charge in [-0.05, 0) is 114 Å². The molecule has 9 aromatic rings. The quantitative estimate of drug-likeness (QED) is 0.107. The van der Waals surface area contributed by atoms with Crippen LogP contribution < -0.4 is 4.18 Å². The van der Waals surface area contributed by atoms with Gasteiger partial charge in [0.05, 0.1) is 0 Å². The highest BCUT2D eigenvalue weighted by molar-refractivity contribution is 7.88. The molecule has 0 saturated carbocycles. The molecule has 0 radical (unpaired) electrons. The fourth-order valence-electron chi connectivity index (χ4n) is 6.99. The highest BCUT2D eigenvalue weighted by Crippen LogP contribution is 2.45. The largest absolute Gasteiger partial charge is 0.534 e. The van der Waals surface area contributed by atoms with Gasteiger partial charge in [-0.1, -0.05) is 72.3 Å². The van der Waals surface area contributed by atoms with E-state index in [1.165, 1.54) is 50.0 Å². The lowest BCUT2D eigenvalue weighted by Gasteiger charge is -2.13. The van der Waals surface area contributed by atoms with Gasteiger partial charge >= 0.3 is 15.6 Å². The van der Waals surface area contributed by atoms with Gasteiger partial charge in [0.15, 0.2) is 0 Å². The van der Waals surface area contributed by atoms with Crippen molar-refractivity contribution in [2.45, 2.75) is 12.4 Å². The van der Waals surface area contributed by atoms with Crippen molar-refractivity contribution in [2.24, 2.45) is 0 Å². The first-order chi connectivity index (χ1) is 22.1. The van der Waals surface area contributed by atoms with Crippen LogP contribution in [0.4, 0.5) is 13.2 Å². The number of fused-ring (bicyclic) bond motifs is 15. The molecule has 0 aliphatic carbocycles. The van der Waals surface area contributed by atoms with Crippen LogP contribution in [-0.4, -0.2) is 13.9 Å². The van der Waals surface area contributed by atoms with Crippen LogP contribution in [0, 0.1) is 6.92 Å². The van der Waals surface area contributed by atoms with Crippen LogP contribution in [-0.2, 0) is 10.1 Å². The number of rotatable bonds is 2. The summed E-state index contributed by atoms with van der Waals surface area (Å²) in [5.41, 5.74) is -4.31. The second kappa shape index (κ2) is 9.31. The zero-order valence-corrected chi connectivity index (χ0v) is 25.7. The van der Waals surface area contributed by atoms with E-state index in [9.17, 15) is 21.6 Å². The van der Waals surface area contributed by atoms with Gasteiger partial charge < -0.3 is 4.18 Å². The van der Waals surface area contributed by atoms with E-state index >= 15 is 0 Å². The summed E-state index contributed by atoms with van der Waals surface area (Å²) in [6, 6.07) is 36.1. The SMILES string of the molecule is Cc1ccc2c(c1)c1ccccc1c1cc3c(cc21)sc1cc2c4ccc(OS(=O)(=O)C(F)(F)F)cc4c4ccccc4c2cc13. The van der Waals surface area contributed by atoms with Gasteiger partial charge in [0.1, 0.15) is 5.75 Å². The van der Waals surface area contributed by atoms with E-state index in [2.05, 4.69) is 77.8 Å². The Morgan fingerprint density at radius 1 is 0.500 bits per heavy atom. The first-order valence-electron chi connectivity index (χ1n) is 14.6. The third-order valence-electron chi connectivity index (χ3n) is 9.00. The molecule has 8 heteroatoms. The van der Waals surface area contributed by atoms with Crippen molar-refractivity contribution in [3.63, 3.8) is 0 Å². The van der Waals surface area contributed by atoms with Crippen molar-refractivity contribution >= 4 is 106 Å². The molecule has 0 spiro atoms. The summed E-state index contributed by atoms with van der Waals surface area (Å²) in [5.74, 6) is -0.390. The minimum absolute atomic E-state index is 0.390. The van der Waals surface area contributed by atoms with Gasteiger partial charge in [-0.3, -0.25) is 0 Å². The summed E-state index contributed by atoms with van der Waals surface area (Å²) in [5, 5.41) is 14.6. The first-order valence-corrected chi connectivity index (χ1v) is 16.8. The maximum absolute atomic E-state index is 13.1. The molecular formula is C38H21F3O3S2. The van der Waals surface area contributed by atoms with Crippen molar-refractivity contribution in [3.05, 3.63) is 115 Å². The van der Waals surface area contributed by atoms with E-state index < -0.39 is 21.4 Å². The molecule has 3 nitrogen and oxygen atoms in total. The first kappa shape index (κ1) is 27.4. The van der Waals surface area contributed by atoms with Crippen molar-refractivity contribution in [3.8, 4) is 5.75 Å². The third-order valence-corrected chi connectivity index (χ3v) is 11.1. The summed E-state index contributed by atoms with van der Waals surface area (Å²) in [6.45, 7) is 2.12. The Labute approximate surface area is 264 Å². The molecule has 0 unspecified atom stereocenters. The lowest BCUT2D eigenvalue weighted by Crippen LogP contribution is -2.28. The second-order valence-electron chi connectivity index (χ2n) is 11.7. The van der Waals surface area contributed by atoms with Crippen molar-refractivity contribution in [1.82, 2.24) is 0 Å². The predicted octanol–water partition coefficient (Wildman–Crippen LogP) is 11.5. The zero-order valence-electron chi connectivity index (χ0n) is 24.1. The van der Waals surface area contributed by atoms with E-state index in [1.807, 2.05) is 24.3 Å². The number of aryl methyl sites for hydroxylation is 1. The minimum Gasteiger partial charge on any atom is -0.376 e. The van der Waals surface area contributed by atoms with E-state index in [0.717, 1.165) is 47.1 Å². The van der Waals surface area contributed by atoms with Gasteiger partial charge in [-0.15, -0.1) is 11.3 Å². The molecular weight excluding hydrogens is 626 g/mol. The Morgan fingerprint density at radius 2 is 0.913 bits per heavy atom. The molecule has 0 amide bonds. The van der Waals surface area contributed by atoms with Gasteiger partial charge in [0.25, 0.3) is 0 Å². The topological polar surface area (TPSA) is 43.4 Å². The Kier molecular flexibility index (Phi) is 5.55. The summed E-state index contributed by atoms with van der Waals surface area (Å²) >= 11 is 1.71. The van der Waals surface area contributed by atoms with E-state index in [4.69, 9.17) is 0 Å². The monoisotopic (exact) mass is 646 g/mol. The smallest absolute Gasteiger partial charge is 0.376 e. The standard InChI is InChI=1S/C38H21F3O3S2/c1-20-10-12-26-28(14-20)22-6-2-4-8-24(22)30-16-34-35-17-31-25-9-5-3-7-23(25)29-15-21(44-46(42,43)38(39,40)41)11-13-27(29)33(31)19-37(35)45-36(34)18-32(26)30/h2-19H,1H3. The summed E-state index contributed by atoms with van der Waals surface area (Å²) in [6.07, 6.45) is 0. The number of alkyl halides is 3. The van der Waals surface area contributed by atoms with E-state index in [1.54, 1.807) is 17.4 Å². The number of benzene rings is 8. The van der Waals surface area contributed by atoms with E-state index in [-0.39, 0.29) is 0 Å².